The number of nitrogens with zero attached hydrogens (tertiary/aromatic N) is 2. The highest BCUT2D eigenvalue weighted by atomic mass is 32.1. The number of nitrogens with one attached hydrogen (secondary N) is 1. The molecule has 1 fully saturated rings. The summed E-state index contributed by atoms with van der Waals surface area (Å²) >= 11 is 1.91. The molecule has 0 saturated heterocycles. The number of hydrogen-bond acceptors (Lipinski definition) is 4. The van der Waals surface area contributed by atoms with Gasteiger partial charge in [0.1, 0.15) is 5.01 Å². The average Bonchev–Trinajstić information content (AvgIpc) is 3.11. The highest BCUT2D eigenvalue weighted by molar-refractivity contribution is 7.11. The first-order chi connectivity index (χ1) is 10.1. The zero-order valence-corrected chi connectivity index (χ0v) is 14.9. The second kappa shape index (κ2) is 8.25. The Morgan fingerprint density at radius 1 is 1.24 bits per heavy atom. The van der Waals surface area contributed by atoms with Crippen LogP contribution in [0, 0.1) is 0 Å². The van der Waals surface area contributed by atoms with Gasteiger partial charge in [0.05, 0.1) is 12.2 Å². The Balaban J connectivity index is 2.01. The summed E-state index contributed by atoms with van der Waals surface area (Å²) in [5, 5.41) is 5.03. The van der Waals surface area contributed by atoms with E-state index in [0.717, 1.165) is 32.2 Å². The number of aromatic nitrogens is 1. The Labute approximate surface area is 134 Å². The van der Waals surface area contributed by atoms with Crippen molar-refractivity contribution in [3.8, 4) is 0 Å². The summed E-state index contributed by atoms with van der Waals surface area (Å²) in [4.78, 5) is 8.83. The van der Waals surface area contributed by atoms with Gasteiger partial charge in [-0.05, 0) is 31.8 Å². The van der Waals surface area contributed by atoms with Crippen molar-refractivity contribution < 1.29 is 0 Å². The molecular formula is C17H31N3S. The van der Waals surface area contributed by atoms with E-state index >= 15 is 0 Å². The van der Waals surface area contributed by atoms with E-state index < -0.39 is 0 Å². The lowest BCUT2D eigenvalue weighted by molar-refractivity contribution is 0.295. The van der Waals surface area contributed by atoms with E-state index in [9.17, 15) is 0 Å². The molecule has 0 spiro atoms. The molecule has 0 bridgehead atoms. The van der Waals surface area contributed by atoms with Gasteiger partial charge in [-0.1, -0.05) is 40.5 Å². The van der Waals surface area contributed by atoms with E-state index in [-0.39, 0.29) is 0 Å². The molecule has 0 atom stereocenters. The number of thiazole rings is 1. The van der Waals surface area contributed by atoms with Crippen LogP contribution in [0.3, 0.4) is 0 Å². The molecule has 1 aliphatic carbocycles. The van der Waals surface area contributed by atoms with E-state index in [2.05, 4.69) is 37.9 Å². The third-order valence-electron chi connectivity index (χ3n) is 4.48. The fourth-order valence-electron chi connectivity index (χ4n) is 3.06. The third kappa shape index (κ3) is 4.76. The number of rotatable bonds is 8. The van der Waals surface area contributed by atoms with Crippen molar-refractivity contribution in [2.75, 3.05) is 13.1 Å². The van der Waals surface area contributed by atoms with Crippen LogP contribution < -0.4 is 5.32 Å². The van der Waals surface area contributed by atoms with E-state index in [1.165, 1.54) is 41.3 Å². The molecule has 0 amide bonds. The fraction of sp³-hybridized carbons (Fsp3) is 0.824. The van der Waals surface area contributed by atoms with Crippen LogP contribution in [0.5, 0.6) is 0 Å². The maximum Gasteiger partial charge on any atom is 0.107 e. The average molecular weight is 310 g/mol. The van der Waals surface area contributed by atoms with Gasteiger partial charge in [-0.2, -0.15) is 0 Å². The van der Waals surface area contributed by atoms with Crippen LogP contribution in [-0.4, -0.2) is 29.0 Å². The van der Waals surface area contributed by atoms with Crippen molar-refractivity contribution in [2.24, 2.45) is 0 Å². The maximum absolute atomic E-state index is 4.93. The molecule has 1 saturated carbocycles. The van der Waals surface area contributed by atoms with Crippen LogP contribution in [0.4, 0.5) is 0 Å². The molecule has 1 heterocycles. The van der Waals surface area contributed by atoms with Crippen LogP contribution >= 0.6 is 11.3 Å². The molecule has 0 radical (unpaired) electrons. The summed E-state index contributed by atoms with van der Waals surface area (Å²) in [5.74, 6) is 0.520. The summed E-state index contributed by atoms with van der Waals surface area (Å²) in [7, 11) is 0. The molecule has 1 aromatic heterocycles. The van der Waals surface area contributed by atoms with Gasteiger partial charge in [0.15, 0.2) is 0 Å². The lowest BCUT2D eigenvalue weighted by Crippen LogP contribution is -2.25. The molecule has 4 heteroatoms. The van der Waals surface area contributed by atoms with Crippen molar-refractivity contribution in [3.63, 3.8) is 0 Å². The van der Waals surface area contributed by atoms with Crippen molar-refractivity contribution in [1.82, 2.24) is 15.2 Å². The van der Waals surface area contributed by atoms with Crippen LogP contribution in [0.25, 0.3) is 0 Å². The quantitative estimate of drug-likeness (QED) is 0.782. The fourth-order valence-corrected chi connectivity index (χ4v) is 4.28. The largest absolute Gasteiger partial charge is 0.309 e. The minimum Gasteiger partial charge on any atom is -0.309 e. The molecule has 0 aliphatic heterocycles. The lowest BCUT2D eigenvalue weighted by atomic mass is 10.1. The molecule has 1 aromatic rings. The van der Waals surface area contributed by atoms with Crippen LogP contribution in [0.1, 0.15) is 74.9 Å². The zero-order chi connectivity index (χ0) is 15.2. The predicted octanol–water partition coefficient (Wildman–Crippen LogP) is 4.14. The van der Waals surface area contributed by atoms with Gasteiger partial charge in [0, 0.05) is 17.5 Å². The van der Waals surface area contributed by atoms with Crippen molar-refractivity contribution in [1.29, 1.82) is 0 Å². The lowest BCUT2D eigenvalue weighted by Gasteiger charge is -2.15. The Kier molecular flexibility index (Phi) is 6.65. The van der Waals surface area contributed by atoms with Gasteiger partial charge < -0.3 is 5.32 Å². The molecule has 2 rings (SSSR count). The SMILES string of the molecule is CCN(CC)Cc1nc(C(C)C)c(CNC2CCCC2)s1. The van der Waals surface area contributed by atoms with Gasteiger partial charge in [0.2, 0.25) is 0 Å². The second-order valence-electron chi connectivity index (χ2n) is 6.39. The molecule has 21 heavy (non-hydrogen) atoms. The van der Waals surface area contributed by atoms with Crippen molar-refractivity contribution in [3.05, 3.63) is 15.6 Å². The first-order valence-corrected chi connectivity index (χ1v) is 9.39. The van der Waals surface area contributed by atoms with E-state index in [1.807, 2.05) is 11.3 Å². The summed E-state index contributed by atoms with van der Waals surface area (Å²) in [6.45, 7) is 13.2. The van der Waals surface area contributed by atoms with Crippen LogP contribution in [0.15, 0.2) is 0 Å². The summed E-state index contributed by atoms with van der Waals surface area (Å²) < 4.78 is 0. The van der Waals surface area contributed by atoms with E-state index in [1.54, 1.807) is 0 Å². The minimum absolute atomic E-state index is 0.520. The molecule has 1 N–H and O–H groups in total. The Morgan fingerprint density at radius 2 is 1.90 bits per heavy atom. The van der Waals surface area contributed by atoms with Gasteiger partial charge in [-0.15, -0.1) is 11.3 Å². The van der Waals surface area contributed by atoms with E-state index in [4.69, 9.17) is 4.98 Å². The smallest absolute Gasteiger partial charge is 0.107 e. The van der Waals surface area contributed by atoms with E-state index in [0.29, 0.717) is 5.92 Å². The summed E-state index contributed by atoms with van der Waals surface area (Å²) in [6, 6.07) is 0.735. The highest BCUT2D eigenvalue weighted by Gasteiger charge is 2.18. The van der Waals surface area contributed by atoms with Gasteiger partial charge in [-0.3, -0.25) is 4.90 Å². The van der Waals surface area contributed by atoms with Crippen LogP contribution in [-0.2, 0) is 13.1 Å². The van der Waals surface area contributed by atoms with Crippen LogP contribution in [0.2, 0.25) is 0 Å². The standard InChI is InChI=1S/C17H31N3S/c1-5-20(6-2)12-16-19-17(13(3)4)15(21-16)11-18-14-9-7-8-10-14/h13-14,18H,5-12H2,1-4H3. The maximum atomic E-state index is 4.93. The summed E-state index contributed by atoms with van der Waals surface area (Å²) in [5.41, 5.74) is 1.31. The van der Waals surface area contributed by atoms with Gasteiger partial charge in [0.25, 0.3) is 0 Å². The van der Waals surface area contributed by atoms with Gasteiger partial charge in [-0.25, -0.2) is 4.98 Å². The Hall–Kier alpha value is -0.450. The first kappa shape index (κ1) is 16.9. The topological polar surface area (TPSA) is 28.2 Å². The second-order valence-corrected chi connectivity index (χ2v) is 7.56. The third-order valence-corrected chi connectivity index (χ3v) is 5.53. The molecular weight excluding hydrogens is 278 g/mol. The van der Waals surface area contributed by atoms with Crippen molar-refractivity contribution in [2.45, 2.75) is 78.4 Å². The zero-order valence-electron chi connectivity index (χ0n) is 14.1. The highest BCUT2D eigenvalue weighted by Crippen LogP contribution is 2.27. The molecule has 3 nitrogen and oxygen atoms in total. The molecule has 120 valence electrons. The normalized spacial score (nSPS) is 16.5. The first-order valence-electron chi connectivity index (χ1n) is 8.58. The monoisotopic (exact) mass is 309 g/mol. The summed E-state index contributed by atoms with van der Waals surface area (Å²) in [6.07, 6.45) is 5.49. The minimum atomic E-state index is 0.520. The molecule has 0 unspecified atom stereocenters. The number of hydrogen-bond donors (Lipinski definition) is 1. The molecule has 1 aliphatic rings. The molecule has 0 aromatic carbocycles. The Morgan fingerprint density at radius 3 is 2.48 bits per heavy atom. The van der Waals surface area contributed by atoms with Crippen molar-refractivity contribution >= 4 is 11.3 Å². The Bertz CT molecular complexity index is 418. The van der Waals surface area contributed by atoms with Gasteiger partial charge >= 0.3 is 0 Å². The predicted molar refractivity (Wildman–Crippen MR) is 91.9 cm³/mol.